The first kappa shape index (κ1) is 18.4. The second kappa shape index (κ2) is 8.37. The van der Waals surface area contributed by atoms with Crippen LogP contribution in [0.15, 0.2) is 30.7 Å². The van der Waals surface area contributed by atoms with Gasteiger partial charge in [-0.2, -0.15) is 4.98 Å². The van der Waals surface area contributed by atoms with E-state index in [1.165, 1.54) is 12.7 Å². The van der Waals surface area contributed by atoms with E-state index in [1.807, 2.05) is 23.1 Å². The second-order valence-corrected chi connectivity index (χ2v) is 7.15. The van der Waals surface area contributed by atoms with Crippen molar-refractivity contribution in [2.45, 2.75) is 38.2 Å². The Morgan fingerprint density at radius 1 is 1.00 bits per heavy atom. The highest BCUT2D eigenvalue weighted by Crippen LogP contribution is 2.36. The lowest BCUT2D eigenvalue weighted by molar-refractivity contribution is -0.385. The summed E-state index contributed by atoms with van der Waals surface area (Å²) in [6, 6.07) is 5.82. The molecule has 2 aromatic rings. The van der Waals surface area contributed by atoms with E-state index in [1.54, 1.807) is 6.20 Å². The fourth-order valence-electron chi connectivity index (χ4n) is 3.86. The Labute approximate surface area is 163 Å². The lowest BCUT2D eigenvalue weighted by Gasteiger charge is -2.35. The minimum absolute atomic E-state index is 0.00352. The summed E-state index contributed by atoms with van der Waals surface area (Å²) in [6.45, 7) is 2.68. The number of hydrogen-bond acceptors (Lipinski definition) is 8. The zero-order valence-corrected chi connectivity index (χ0v) is 15.7. The molecule has 0 radical (unpaired) electrons. The van der Waals surface area contributed by atoms with Gasteiger partial charge in [0.2, 0.25) is 5.82 Å². The van der Waals surface area contributed by atoms with Crippen LogP contribution in [0.2, 0.25) is 0 Å². The monoisotopic (exact) mass is 384 g/mol. The van der Waals surface area contributed by atoms with Crippen molar-refractivity contribution in [3.8, 4) is 5.88 Å². The second-order valence-electron chi connectivity index (χ2n) is 7.15. The van der Waals surface area contributed by atoms with Gasteiger partial charge >= 0.3 is 5.69 Å². The molecule has 0 atom stereocenters. The Hall–Kier alpha value is -2.97. The van der Waals surface area contributed by atoms with Crippen molar-refractivity contribution in [2.24, 2.45) is 0 Å². The molecule has 28 heavy (non-hydrogen) atoms. The average Bonchev–Trinajstić information content (AvgIpc) is 2.75. The van der Waals surface area contributed by atoms with Crippen molar-refractivity contribution in [3.05, 3.63) is 40.8 Å². The summed E-state index contributed by atoms with van der Waals surface area (Å²) in [7, 11) is 0. The van der Waals surface area contributed by atoms with E-state index in [0.717, 1.165) is 44.6 Å². The SMILES string of the molecule is O=[N+]([O-])c1c(OC2CCCCC2)ncnc1N1CCN(c2ccccn2)CC1. The van der Waals surface area contributed by atoms with Crippen LogP contribution >= 0.6 is 0 Å². The summed E-state index contributed by atoms with van der Waals surface area (Å²) in [5.74, 6) is 1.35. The number of hydrogen-bond donors (Lipinski definition) is 0. The van der Waals surface area contributed by atoms with Crippen LogP contribution in [-0.4, -0.2) is 52.2 Å². The molecule has 3 heterocycles. The van der Waals surface area contributed by atoms with Gasteiger partial charge in [0.25, 0.3) is 5.88 Å². The van der Waals surface area contributed by atoms with E-state index in [0.29, 0.717) is 18.9 Å². The lowest BCUT2D eigenvalue weighted by atomic mass is 9.98. The Bertz CT molecular complexity index is 805. The predicted molar refractivity (Wildman–Crippen MR) is 105 cm³/mol. The van der Waals surface area contributed by atoms with Gasteiger partial charge in [-0.3, -0.25) is 10.1 Å². The number of anilines is 2. The number of pyridine rings is 1. The van der Waals surface area contributed by atoms with Gasteiger partial charge in [-0.25, -0.2) is 9.97 Å². The number of aromatic nitrogens is 3. The summed E-state index contributed by atoms with van der Waals surface area (Å²) in [5.41, 5.74) is -0.126. The third kappa shape index (κ3) is 3.97. The number of rotatable bonds is 5. The normalized spacial score (nSPS) is 18.1. The van der Waals surface area contributed by atoms with Crippen molar-refractivity contribution >= 4 is 17.3 Å². The molecular weight excluding hydrogens is 360 g/mol. The van der Waals surface area contributed by atoms with Crippen LogP contribution in [0.4, 0.5) is 17.3 Å². The summed E-state index contributed by atoms with van der Waals surface area (Å²) >= 11 is 0. The molecule has 1 saturated carbocycles. The molecule has 0 N–H and O–H groups in total. The molecule has 1 aliphatic carbocycles. The fourth-order valence-corrected chi connectivity index (χ4v) is 3.86. The first-order chi connectivity index (χ1) is 13.7. The zero-order valence-electron chi connectivity index (χ0n) is 15.7. The summed E-state index contributed by atoms with van der Waals surface area (Å²) in [5, 5.41) is 11.8. The third-order valence-electron chi connectivity index (χ3n) is 5.33. The van der Waals surface area contributed by atoms with Crippen LogP contribution in [0.1, 0.15) is 32.1 Å². The summed E-state index contributed by atoms with van der Waals surface area (Å²) < 4.78 is 5.93. The maximum atomic E-state index is 11.8. The lowest BCUT2D eigenvalue weighted by Crippen LogP contribution is -2.47. The molecule has 2 aliphatic rings. The van der Waals surface area contributed by atoms with Crippen LogP contribution in [0.5, 0.6) is 5.88 Å². The van der Waals surface area contributed by atoms with E-state index < -0.39 is 4.92 Å². The maximum absolute atomic E-state index is 11.8. The van der Waals surface area contributed by atoms with Gasteiger partial charge in [-0.15, -0.1) is 0 Å². The molecule has 4 rings (SSSR count). The van der Waals surface area contributed by atoms with Crippen molar-refractivity contribution in [1.29, 1.82) is 0 Å². The summed E-state index contributed by atoms with van der Waals surface area (Å²) in [4.78, 5) is 28.2. The molecule has 2 fully saturated rings. The topological polar surface area (TPSA) is 97.5 Å². The van der Waals surface area contributed by atoms with Crippen molar-refractivity contribution in [2.75, 3.05) is 36.0 Å². The quantitative estimate of drug-likeness (QED) is 0.573. The van der Waals surface area contributed by atoms with E-state index in [4.69, 9.17) is 4.74 Å². The van der Waals surface area contributed by atoms with E-state index >= 15 is 0 Å². The van der Waals surface area contributed by atoms with Crippen molar-refractivity contribution < 1.29 is 9.66 Å². The third-order valence-corrected chi connectivity index (χ3v) is 5.33. The first-order valence-corrected chi connectivity index (χ1v) is 9.79. The molecule has 0 amide bonds. The largest absolute Gasteiger partial charge is 0.469 e. The van der Waals surface area contributed by atoms with Crippen molar-refractivity contribution in [1.82, 2.24) is 15.0 Å². The van der Waals surface area contributed by atoms with E-state index in [-0.39, 0.29) is 17.7 Å². The Morgan fingerprint density at radius 3 is 2.43 bits per heavy atom. The van der Waals surface area contributed by atoms with Gasteiger partial charge in [-0.1, -0.05) is 12.5 Å². The van der Waals surface area contributed by atoms with Gasteiger partial charge in [0.1, 0.15) is 18.2 Å². The highest BCUT2D eigenvalue weighted by Gasteiger charge is 2.32. The number of ether oxygens (including phenoxy) is 1. The number of nitrogens with zero attached hydrogens (tertiary/aromatic N) is 6. The van der Waals surface area contributed by atoms with E-state index in [2.05, 4.69) is 19.9 Å². The molecule has 0 aromatic carbocycles. The van der Waals surface area contributed by atoms with Gasteiger partial charge < -0.3 is 14.5 Å². The predicted octanol–water partition coefficient (Wildman–Crippen LogP) is 2.82. The van der Waals surface area contributed by atoms with Crippen LogP contribution in [0.25, 0.3) is 0 Å². The molecule has 0 bridgehead atoms. The molecule has 9 heteroatoms. The average molecular weight is 384 g/mol. The minimum atomic E-state index is -0.418. The van der Waals surface area contributed by atoms with Crippen LogP contribution in [0.3, 0.4) is 0 Å². The molecule has 1 saturated heterocycles. The molecule has 0 spiro atoms. The molecule has 0 unspecified atom stereocenters. The Morgan fingerprint density at radius 2 is 1.75 bits per heavy atom. The molecular formula is C19H24N6O3. The standard InChI is InChI=1S/C19H24N6O3/c26-25(27)17-18(21-14-22-19(17)28-15-6-2-1-3-7-15)24-12-10-23(11-13-24)16-8-4-5-9-20-16/h4-5,8-9,14-15H,1-3,6-7,10-13H2. The number of nitro groups is 1. The summed E-state index contributed by atoms with van der Waals surface area (Å²) in [6.07, 6.45) is 8.34. The first-order valence-electron chi connectivity index (χ1n) is 9.79. The highest BCUT2D eigenvalue weighted by molar-refractivity contribution is 5.63. The van der Waals surface area contributed by atoms with Crippen LogP contribution in [0, 0.1) is 10.1 Å². The molecule has 1 aliphatic heterocycles. The molecule has 9 nitrogen and oxygen atoms in total. The number of piperazine rings is 1. The van der Waals surface area contributed by atoms with Gasteiger partial charge in [0.05, 0.1) is 4.92 Å². The van der Waals surface area contributed by atoms with Gasteiger partial charge in [-0.05, 0) is 37.8 Å². The van der Waals surface area contributed by atoms with Gasteiger partial charge in [0, 0.05) is 32.4 Å². The fraction of sp³-hybridized carbons (Fsp3) is 0.526. The van der Waals surface area contributed by atoms with Crippen LogP contribution in [-0.2, 0) is 0 Å². The minimum Gasteiger partial charge on any atom is -0.469 e. The maximum Gasteiger partial charge on any atom is 0.372 e. The smallest absolute Gasteiger partial charge is 0.372 e. The van der Waals surface area contributed by atoms with E-state index in [9.17, 15) is 10.1 Å². The Balaban J connectivity index is 1.51. The zero-order chi connectivity index (χ0) is 19.3. The Kier molecular flexibility index (Phi) is 5.50. The van der Waals surface area contributed by atoms with Crippen LogP contribution < -0.4 is 14.5 Å². The molecule has 2 aromatic heterocycles. The highest BCUT2D eigenvalue weighted by atomic mass is 16.6. The van der Waals surface area contributed by atoms with Gasteiger partial charge in [0.15, 0.2) is 0 Å². The molecule has 148 valence electrons. The van der Waals surface area contributed by atoms with Crippen molar-refractivity contribution in [3.63, 3.8) is 0 Å².